The maximum atomic E-state index is 14.1. The highest BCUT2D eigenvalue weighted by Crippen LogP contribution is 2.38. The van der Waals surface area contributed by atoms with Gasteiger partial charge in [0.15, 0.2) is 5.82 Å². The molecule has 1 atom stereocenters. The average Bonchev–Trinajstić information content (AvgIpc) is 3.44. The molecule has 2 aliphatic heterocycles. The number of hydrogen-bond acceptors (Lipinski definition) is 5. The fourth-order valence-electron chi connectivity index (χ4n) is 4.36. The molecule has 2 aromatic carbocycles. The second-order valence-corrected chi connectivity index (χ2v) is 8.86. The summed E-state index contributed by atoms with van der Waals surface area (Å²) in [6, 6.07) is 11.6. The lowest BCUT2D eigenvalue weighted by atomic mass is 10.0. The smallest absolute Gasteiger partial charge is 0.165 e. The molecular weight excluding hydrogens is 469 g/mol. The third-order valence-electron chi connectivity index (χ3n) is 5.93. The molecule has 7 nitrogen and oxygen atoms in total. The number of halogens is 2. The van der Waals surface area contributed by atoms with Crippen molar-refractivity contribution in [2.45, 2.75) is 19.9 Å². The summed E-state index contributed by atoms with van der Waals surface area (Å²) in [6.45, 7) is 3.46. The minimum atomic E-state index is -0.587. The van der Waals surface area contributed by atoms with Crippen LogP contribution < -0.4 is 4.74 Å². The average molecular weight is 492 g/mol. The summed E-state index contributed by atoms with van der Waals surface area (Å²) in [5, 5.41) is 19.5. The molecule has 0 aliphatic carbocycles. The van der Waals surface area contributed by atoms with Crippen LogP contribution >= 0.6 is 11.6 Å². The summed E-state index contributed by atoms with van der Waals surface area (Å²) in [5.41, 5.74) is 5.23. The van der Waals surface area contributed by atoms with Crippen LogP contribution in [-0.4, -0.2) is 43.1 Å². The van der Waals surface area contributed by atoms with Gasteiger partial charge in [0.25, 0.3) is 0 Å². The first kappa shape index (κ1) is 23.0. The Kier molecular flexibility index (Phi) is 6.00. The SMILES string of the molecule is COc1cc(-c2nnc3n([C@@H](CO)c4cc(C)cc(F)c4)cc(Cl)cc2-3)ccc1-n1cnc(C)c1. The summed E-state index contributed by atoms with van der Waals surface area (Å²) in [7, 11) is 1.61. The van der Waals surface area contributed by atoms with Crippen molar-refractivity contribution < 1.29 is 14.2 Å². The van der Waals surface area contributed by atoms with Crippen LogP contribution in [0.25, 0.3) is 28.3 Å². The van der Waals surface area contributed by atoms with Gasteiger partial charge in [-0.05, 0) is 55.3 Å². The van der Waals surface area contributed by atoms with Gasteiger partial charge in [-0.25, -0.2) is 9.37 Å². The number of aliphatic hydroxyl groups is 1. The molecule has 0 radical (unpaired) electrons. The van der Waals surface area contributed by atoms with Gasteiger partial charge < -0.3 is 19.0 Å². The maximum Gasteiger partial charge on any atom is 0.165 e. The van der Waals surface area contributed by atoms with E-state index in [4.69, 9.17) is 16.3 Å². The van der Waals surface area contributed by atoms with E-state index in [1.54, 1.807) is 30.3 Å². The van der Waals surface area contributed by atoms with E-state index in [9.17, 15) is 9.50 Å². The summed E-state index contributed by atoms with van der Waals surface area (Å²) in [4.78, 5) is 4.29. The first-order valence-electron chi connectivity index (χ1n) is 11.0. The van der Waals surface area contributed by atoms with E-state index in [2.05, 4.69) is 15.2 Å². The normalized spacial score (nSPS) is 12.3. The number of aliphatic hydroxyl groups excluding tert-OH is 1. The van der Waals surface area contributed by atoms with Gasteiger partial charge in [0.1, 0.15) is 17.3 Å². The summed E-state index contributed by atoms with van der Waals surface area (Å²) in [5.74, 6) is 0.805. The number of pyridine rings is 1. The highest BCUT2D eigenvalue weighted by molar-refractivity contribution is 6.30. The Bertz CT molecular complexity index is 1470. The molecule has 0 saturated carbocycles. The Morgan fingerprint density at radius 3 is 2.60 bits per heavy atom. The molecule has 3 heterocycles. The number of imidazole rings is 1. The number of aromatic nitrogens is 5. The highest BCUT2D eigenvalue weighted by atomic mass is 35.5. The van der Waals surface area contributed by atoms with Gasteiger partial charge in [-0.1, -0.05) is 23.7 Å². The number of ether oxygens (including phenoxy) is 1. The Morgan fingerprint density at radius 2 is 1.91 bits per heavy atom. The quantitative estimate of drug-likeness (QED) is 0.351. The van der Waals surface area contributed by atoms with Crippen molar-refractivity contribution in [2.75, 3.05) is 13.7 Å². The summed E-state index contributed by atoms with van der Waals surface area (Å²) >= 11 is 6.49. The Balaban J connectivity index is 1.59. The summed E-state index contributed by atoms with van der Waals surface area (Å²) < 4.78 is 23.4. The molecular formula is C26H23ClFN5O2. The molecule has 5 rings (SSSR count). The van der Waals surface area contributed by atoms with Crippen LogP contribution in [0.2, 0.25) is 5.02 Å². The monoisotopic (exact) mass is 491 g/mol. The number of methoxy groups -OCH3 is 1. The lowest BCUT2D eigenvalue weighted by Gasteiger charge is -2.22. The van der Waals surface area contributed by atoms with Crippen LogP contribution in [0.4, 0.5) is 4.39 Å². The number of benzene rings is 2. The van der Waals surface area contributed by atoms with Gasteiger partial charge in [-0.3, -0.25) is 0 Å². The van der Waals surface area contributed by atoms with Gasteiger partial charge in [0.2, 0.25) is 0 Å². The van der Waals surface area contributed by atoms with Crippen LogP contribution in [0.3, 0.4) is 0 Å². The van der Waals surface area contributed by atoms with Crippen LogP contribution in [0.1, 0.15) is 22.9 Å². The molecule has 3 aromatic rings. The first-order chi connectivity index (χ1) is 16.9. The molecule has 0 saturated heterocycles. The van der Waals surface area contributed by atoms with Crippen LogP contribution in [0, 0.1) is 19.7 Å². The van der Waals surface area contributed by atoms with Crippen molar-refractivity contribution in [3.8, 4) is 34.1 Å². The number of fused-ring (bicyclic) bond motifs is 1. The molecule has 2 aliphatic rings. The molecule has 35 heavy (non-hydrogen) atoms. The second-order valence-electron chi connectivity index (χ2n) is 8.42. The maximum absolute atomic E-state index is 14.1. The van der Waals surface area contributed by atoms with Crippen molar-refractivity contribution >= 4 is 11.6 Å². The Labute approximate surface area is 206 Å². The van der Waals surface area contributed by atoms with Crippen molar-refractivity contribution in [1.82, 2.24) is 24.3 Å². The first-order valence-corrected chi connectivity index (χ1v) is 11.4. The van der Waals surface area contributed by atoms with Gasteiger partial charge in [-0.2, -0.15) is 0 Å². The highest BCUT2D eigenvalue weighted by Gasteiger charge is 2.25. The van der Waals surface area contributed by atoms with Crippen molar-refractivity contribution in [3.63, 3.8) is 0 Å². The predicted molar refractivity (Wildman–Crippen MR) is 132 cm³/mol. The standard InChI is InChI=1S/C26H23ClFN5O2/c1-15-6-18(8-20(28)7-15)23(13-34)33-12-19(27)10-21-25(30-31-26(21)33)17-4-5-22(24(9-17)35-3)32-11-16(2)29-14-32/h4-12,14,23,34H,13H2,1-3H3/t23-/m0/s1. The van der Waals surface area contributed by atoms with E-state index in [0.29, 0.717) is 33.4 Å². The zero-order chi connectivity index (χ0) is 24.7. The molecule has 0 bridgehead atoms. The molecule has 0 amide bonds. The largest absolute Gasteiger partial charge is 0.495 e. The van der Waals surface area contributed by atoms with Crippen LogP contribution in [0.15, 0.2) is 61.2 Å². The Hall–Kier alpha value is -3.75. The van der Waals surface area contributed by atoms with Gasteiger partial charge in [0, 0.05) is 23.5 Å². The minimum Gasteiger partial charge on any atom is -0.495 e. The van der Waals surface area contributed by atoms with E-state index in [0.717, 1.165) is 22.5 Å². The Morgan fingerprint density at radius 1 is 1.09 bits per heavy atom. The van der Waals surface area contributed by atoms with Crippen molar-refractivity contribution in [1.29, 1.82) is 0 Å². The molecule has 0 fully saturated rings. The second kappa shape index (κ2) is 9.13. The fraction of sp³-hybridized carbons (Fsp3) is 0.192. The van der Waals surface area contributed by atoms with Crippen LogP contribution in [-0.2, 0) is 0 Å². The fourth-order valence-corrected chi connectivity index (χ4v) is 4.57. The van der Waals surface area contributed by atoms with E-state index in [1.165, 1.54) is 12.1 Å². The lowest BCUT2D eigenvalue weighted by molar-refractivity contribution is 0.249. The number of nitrogens with zero attached hydrogens (tertiary/aromatic N) is 5. The van der Waals surface area contributed by atoms with Crippen molar-refractivity contribution in [2.24, 2.45) is 0 Å². The minimum absolute atomic E-state index is 0.266. The summed E-state index contributed by atoms with van der Waals surface area (Å²) in [6.07, 6.45) is 5.33. The number of aryl methyl sites for hydroxylation is 2. The zero-order valence-electron chi connectivity index (χ0n) is 19.4. The molecule has 1 N–H and O–H groups in total. The zero-order valence-corrected chi connectivity index (χ0v) is 20.2. The number of rotatable bonds is 6. The molecule has 178 valence electrons. The predicted octanol–water partition coefficient (Wildman–Crippen LogP) is 5.24. The number of hydrogen-bond donors (Lipinski definition) is 1. The molecule has 0 spiro atoms. The van der Waals surface area contributed by atoms with E-state index in [1.807, 2.05) is 48.9 Å². The third kappa shape index (κ3) is 4.26. The van der Waals surface area contributed by atoms with Gasteiger partial charge in [0.05, 0.1) is 42.5 Å². The molecule has 1 aromatic heterocycles. The van der Waals surface area contributed by atoms with Gasteiger partial charge in [-0.15, -0.1) is 10.2 Å². The lowest BCUT2D eigenvalue weighted by Crippen LogP contribution is -2.18. The third-order valence-corrected chi connectivity index (χ3v) is 6.14. The molecule has 0 unspecified atom stereocenters. The molecule has 9 heteroatoms. The van der Waals surface area contributed by atoms with E-state index in [-0.39, 0.29) is 12.4 Å². The topological polar surface area (TPSA) is 78.0 Å². The van der Waals surface area contributed by atoms with Crippen LogP contribution in [0.5, 0.6) is 5.75 Å². The van der Waals surface area contributed by atoms with Crippen molar-refractivity contribution in [3.05, 3.63) is 88.8 Å². The van der Waals surface area contributed by atoms with E-state index >= 15 is 0 Å². The van der Waals surface area contributed by atoms with Gasteiger partial charge >= 0.3 is 0 Å². The van der Waals surface area contributed by atoms with E-state index < -0.39 is 6.04 Å².